The summed E-state index contributed by atoms with van der Waals surface area (Å²) in [5.41, 5.74) is 1.90. The molecule has 0 saturated carbocycles. The number of rotatable bonds is 3. The summed E-state index contributed by atoms with van der Waals surface area (Å²) in [5, 5.41) is 0. The Balaban J connectivity index is 2.16. The zero-order chi connectivity index (χ0) is 16.4. The first-order chi connectivity index (χ1) is 11.0. The van der Waals surface area contributed by atoms with Gasteiger partial charge in [-0.3, -0.25) is 0 Å². The molecule has 0 aliphatic rings. The Morgan fingerprint density at radius 3 is 2.43 bits per heavy atom. The van der Waals surface area contributed by atoms with Crippen LogP contribution in [0.2, 0.25) is 0 Å². The van der Waals surface area contributed by atoms with Crippen molar-refractivity contribution in [2.75, 3.05) is 0 Å². The van der Waals surface area contributed by atoms with E-state index in [1.54, 1.807) is 4.57 Å². The minimum Gasteiger partial charge on any atom is -0.443 e. The molecular weight excluding hydrogens is 288 g/mol. The van der Waals surface area contributed by atoms with Gasteiger partial charge in [0.25, 0.3) is 0 Å². The van der Waals surface area contributed by atoms with Gasteiger partial charge < -0.3 is 4.74 Å². The number of nitrogens with zero attached hydrogens (tertiary/aromatic N) is 2. The maximum absolute atomic E-state index is 12.8. The maximum Gasteiger partial charge on any atom is 0.420 e. The van der Waals surface area contributed by atoms with Gasteiger partial charge in [0.1, 0.15) is 5.60 Å². The highest BCUT2D eigenvalue weighted by Crippen LogP contribution is 2.26. The molecule has 0 aliphatic carbocycles. The molecule has 0 spiro atoms. The van der Waals surface area contributed by atoms with Crippen molar-refractivity contribution in [1.82, 2.24) is 9.55 Å². The van der Waals surface area contributed by atoms with E-state index in [9.17, 15) is 4.79 Å². The largest absolute Gasteiger partial charge is 0.443 e. The Hall–Kier alpha value is -2.62. The van der Waals surface area contributed by atoms with Crippen LogP contribution in [0.5, 0.6) is 0 Å². The van der Waals surface area contributed by atoms with Crippen molar-refractivity contribution in [1.29, 1.82) is 0 Å². The summed E-state index contributed by atoms with van der Waals surface area (Å²) < 4.78 is 7.24. The molecule has 23 heavy (non-hydrogen) atoms. The molecular formula is C19H20N2O2. The zero-order valence-corrected chi connectivity index (χ0v) is 13.6. The summed E-state index contributed by atoms with van der Waals surface area (Å²) in [6, 6.07) is 17.3. The zero-order valence-electron chi connectivity index (χ0n) is 13.6. The third-order valence-corrected chi connectivity index (χ3v) is 3.99. The number of hydrogen-bond donors (Lipinski definition) is 0. The van der Waals surface area contributed by atoms with Crippen molar-refractivity contribution in [2.45, 2.75) is 32.8 Å². The van der Waals surface area contributed by atoms with Crippen molar-refractivity contribution < 1.29 is 9.53 Å². The molecule has 2 aromatic carbocycles. The Labute approximate surface area is 135 Å². The third-order valence-electron chi connectivity index (χ3n) is 3.99. The lowest BCUT2D eigenvalue weighted by atomic mass is 10.1. The Morgan fingerprint density at radius 2 is 1.74 bits per heavy atom. The monoisotopic (exact) mass is 308 g/mol. The molecule has 4 heteroatoms. The summed E-state index contributed by atoms with van der Waals surface area (Å²) in [6.07, 6.45) is 0.343. The molecule has 118 valence electrons. The van der Waals surface area contributed by atoms with E-state index >= 15 is 0 Å². The topological polar surface area (TPSA) is 44.1 Å². The number of para-hydroxylation sites is 2. The highest BCUT2D eigenvalue weighted by Gasteiger charge is 2.25. The minimum atomic E-state index is -0.517. The van der Waals surface area contributed by atoms with Gasteiger partial charge in [0.05, 0.1) is 11.0 Å². The van der Waals surface area contributed by atoms with Crippen LogP contribution in [-0.2, 0) is 4.74 Å². The lowest BCUT2D eigenvalue weighted by molar-refractivity contribution is 0.0380. The first-order valence-corrected chi connectivity index (χ1v) is 7.78. The van der Waals surface area contributed by atoms with Gasteiger partial charge in [-0.15, -0.1) is 0 Å². The molecule has 0 aliphatic heterocycles. The van der Waals surface area contributed by atoms with E-state index in [0.717, 1.165) is 23.0 Å². The SMILES string of the molecule is CCC(C)(C)OC(=O)n1c(-c2ccccc2)nc2ccccc21. The van der Waals surface area contributed by atoms with E-state index in [2.05, 4.69) is 4.98 Å². The Bertz CT molecular complexity index is 835. The van der Waals surface area contributed by atoms with E-state index in [0.29, 0.717) is 5.82 Å². The predicted molar refractivity (Wildman–Crippen MR) is 91.4 cm³/mol. The predicted octanol–water partition coefficient (Wildman–Crippen LogP) is 4.88. The highest BCUT2D eigenvalue weighted by molar-refractivity contribution is 5.92. The third kappa shape index (κ3) is 2.97. The van der Waals surface area contributed by atoms with Crippen molar-refractivity contribution in [3.63, 3.8) is 0 Å². The summed E-state index contributed by atoms with van der Waals surface area (Å²) in [7, 11) is 0. The number of carbonyl (C=O) groups is 1. The van der Waals surface area contributed by atoms with Gasteiger partial charge >= 0.3 is 6.09 Å². The fourth-order valence-electron chi connectivity index (χ4n) is 2.35. The number of carbonyl (C=O) groups excluding carboxylic acids is 1. The molecule has 0 saturated heterocycles. The van der Waals surface area contributed by atoms with Crippen LogP contribution in [0.1, 0.15) is 27.2 Å². The van der Waals surface area contributed by atoms with Gasteiger partial charge in [0, 0.05) is 5.56 Å². The smallest absolute Gasteiger partial charge is 0.420 e. The molecule has 0 radical (unpaired) electrons. The fourth-order valence-corrected chi connectivity index (χ4v) is 2.35. The molecule has 3 rings (SSSR count). The number of fused-ring (bicyclic) bond motifs is 1. The van der Waals surface area contributed by atoms with Crippen LogP contribution in [-0.4, -0.2) is 21.2 Å². The van der Waals surface area contributed by atoms with Gasteiger partial charge in [-0.05, 0) is 32.4 Å². The molecule has 0 bridgehead atoms. The van der Waals surface area contributed by atoms with Crippen LogP contribution in [0.15, 0.2) is 54.6 Å². The number of benzene rings is 2. The van der Waals surface area contributed by atoms with Gasteiger partial charge in [-0.25, -0.2) is 14.3 Å². The van der Waals surface area contributed by atoms with E-state index in [-0.39, 0.29) is 0 Å². The Kier molecular flexibility index (Phi) is 3.90. The summed E-state index contributed by atoms with van der Waals surface area (Å²) in [5.74, 6) is 0.601. The van der Waals surface area contributed by atoms with Crippen LogP contribution >= 0.6 is 0 Å². The maximum atomic E-state index is 12.8. The van der Waals surface area contributed by atoms with Crippen molar-refractivity contribution in [3.8, 4) is 11.4 Å². The van der Waals surface area contributed by atoms with E-state index in [1.807, 2.05) is 75.4 Å². The lowest BCUT2D eigenvalue weighted by Gasteiger charge is -2.23. The van der Waals surface area contributed by atoms with Crippen molar-refractivity contribution in [3.05, 3.63) is 54.6 Å². The number of imidazole rings is 1. The van der Waals surface area contributed by atoms with Crippen molar-refractivity contribution in [2.24, 2.45) is 0 Å². The van der Waals surface area contributed by atoms with Crippen LogP contribution in [0, 0.1) is 0 Å². The molecule has 3 aromatic rings. The van der Waals surface area contributed by atoms with Crippen molar-refractivity contribution >= 4 is 17.1 Å². The minimum absolute atomic E-state index is 0.399. The molecule has 0 atom stereocenters. The molecule has 0 amide bonds. The average molecular weight is 308 g/mol. The quantitative estimate of drug-likeness (QED) is 0.693. The molecule has 0 unspecified atom stereocenters. The standard InChI is InChI=1S/C19H20N2O2/c1-4-19(2,3)23-18(22)21-16-13-9-8-12-15(16)20-17(21)14-10-6-5-7-11-14/h5-13H,4H2,1-3H3. The normalized spacial score (nSPS) is 11.6. The molecule has 1 aromatic heterocycles. The number of ether oxygens (including phenoxy) is 1. The molecule has 4 nitrogen and oxygen atoms in total. The van der Waals surface area contributed by atoms with Gasteiger partial charge in [0.2, 0.25) is 0 Å². The summed E-state index contributed by atoms with van der Waals surface area (Å²) >= 11 is 0. The van der Waals surface area contributed by atoms with E-state index in [1.165, 1.54) is 0 Å². The van der Waals surface area contributed by atoms with Crippen LogP contribution < -0.4 is 0 Å². The van der Waals surface area contributed by atoms with E-state index in [4.69, 9.17) is 4.74 Å². The highest BCUT2D eigenvalue weighted by atomic mass is 16.6. The first-order valence-electron chi connectivity index (χ1n) is 7.78. The summed E-state index contributed by atoms with van der Waals surface area (Å²) in [4.78, 5) is 17.4. The van der Waals surface area contributed by atoms with E-state index < -0.39 is 11.7 Å². The first kappa shape index (κ1) is 15.3. The van der Waals surface area contributed by atoms with Gasteiger partial charge in [-0.1, -0.05) is 49.4 Å². The second-order valence-electron chi connectivity index (χ2n) is 6.11. The molecule has 1 heterocycles. The van der Waals surface area contributed by atoms with Gasteiger partial charge in [-0.2, -0.15) is 0 Å². The van der Waals surface area contributed by atoms with Crippen LogP contribution in [0.3, 0.4) is 0 Å². The van der Waals surface area contributed by atoms with Crippen LogP contribution in [0.4, 0.5) is 4.79 Å². The Morgan fingerprint density at radius 1 is 1.09 bits per heavy atom. The van der Waals surface area contributed by atoms with Gasteiger partial charge in [0.15, 0.2) is 5.82 Å². The number of aromatic nitrogens is 2. The number of hydrogen-bond acceptors (Lipinski definition) is 3. The fraction of sp³-hybridized carbons (Fsp3) is 0.263. The lowest BCUT2D eigenvalue weighted by Crippen LogP contribution is -2.30. The second kappa shape index (κ2) is 5.88. The average Bonchev–Trinajstić information content (AvgIpc) is 2.95. The molecule has 0 fully saturated rings. The second-order valence-corrected chi connectivity index (χ2v) is 6.11. The van der Waals surface area contributed by atoms with Crippen LogP contribution in [0.25, 0.3) is 22.4 Å². The molecule has 0 N–H and O–H groups in total. The summed E-state index contributed by atoms with van der Waals surface area (Å²) in [6.45, 7) is 5.82.